The minimum Gasteiger partial charge on any atom is -0.494 e. The van der Waals surface area contributed by atoms with Crippen molar-refractivity contribution >= 4 is 35.9 Å². The number of rotatable bonds is 5. The van der Waals surface area contributed by atoms with Gasteiger partial charge in [-0.25, -0.2) is 4.39 Å². The zero-order valence-electron chi connectivity index (χ0n) is 15.5. The van der Waals surface area contributed by atoms with Gasteiger partial charge in [-0.1, -0.05) is 6.07 Å². The highest BCUT2D eigenvalue weighted by atomic mass is 127. The first kappa shape index (κ1) is 22.5. The summed E-state index contributed by atoms with van der Waals surface area (Å²) in [5.74, 6) is 0.448. The van der Waals surface area contributed by atoms with Crippen LogP contribution in [0.3, 0.4) is 0 Å². The predicted octanol–water partition coefficient (Wildman–Crippen LogP) is 2.80. The molecule has 0 unspecified atom stereocenters. The fourth-order valence-corrected chi connectivity index (χ4v) is 2.92. The topological polar surface area (TPSA) is 63.2 Å². The Morgan fingerprint density at radius 1 is 1.38 bits per heavy atom. The Labute approximate surface area is 171 Å². The highest BCUT2D eigenvalue weighted by Crippen LogP contribution is 2.20. The number of ether oxygens (including phenoxy) is 2. The van der Waals surface area contributed by atoms with E-state index in [0.29, 0.717) is 13.2 Å². The summed E-state index contributed by atoms with van der Waals surface area (Å²) in [6.07, 6.45) is 1.49. The molecule has 1 N–H and O–H groups in total. The summed E-state index contributed by atoms with van der Waals surface area (Å²) in [5.41, 5.74) is 0.806. The smallest absolute Gasteiger partial charge is 0.309 e. The average Bonchev–Trinajstić information content (AvgIpc) is 2.63. The van der Waals surface area contributed by atoms with Gasteiger partial charge in [0.25, 0.3) is 0 Å². The molecule has 26 heavy (non-hydrogen) atoms. The van der Waals surface area contributed by atoms with Crippen LogP contribution < -0.4 is 10.1 Å². The third-order valence-electron chi connectivity index (χ3n) is 4.29. The van der Waals surface area contributed by atoms with Gasteiger partial charge in [0.15, 0.2) is 17.5 Å². The number of piperidine rings is 1. The number of methoxy groups -OCH3 is 1. The van der Waals surface area contributed by atoms with Crippen molar-refractivity contribution in [3.8, 4) is 5.75 Å². The van der Waals surface area contributed by atoms with Crippen LogP contribution in [0, 0.1) is 11.7 Å². The Hall–Kier alpha value is -1.58. The molecule has 0 bridgehead atoms. The number of carbonyl (C=O) groups is 1. The Morgan fingerprint density at radius 3 is 2.62 bits per heavy atom. The summed E-state index contributed by atoms with van der Waals surface area (Å²) in [7, 11) is 3.16. The number of esters is 1. The first-order valence-electron chi connectivity index (χ1n) is 8.53. The number of likely N-dealkylation sites (tertiary alicyclic amines) is 1. The van der Waals surface area contributed by atoms with Gasteiger partial charge >= 0.3 is 5.97 Å². The fraction of sp³-hybridized carbons (Fsp3) is 0.556. The molecule has 1 fully saturated rings. The molecule has 6 nitrogen and oxygen atoms in total. The molecule has 1 heterocycles. The second-order valence-corrected chi connectivity index (χ2v) is 5.88. The number of carbonyl (C=O) groups excluding carboxylic acids is 1. The van der Waals surface area contributed by atoms with Crippen molar-refractivity contribution in [2.24, 2.45) is 10.9 Å². The quantitative estimate of drug-likeness (QED) is 0.305. The van der Waals surface area contributed by atoms with E-state index in [2.05, 4.69) is 15.2 Å². The summed E-state index contributed by atoms with van der Waals surface area (Å²) in [4.78, 5) is 18.2. The van der Waals surface area contributed by atoms with Crippen LogP contribution in [-0.2, 0) is 16.1 Å². The Bertz CT molecular complexity index is 620. The van der Waals surface area contributed by atoms with E-state index in [4.69, 9.17) is 9.47 Å². The molecule has 0 spiro atoms. The molecule has 1 aromatic rings. The standard InChI is InChI=1S/C18H26FN3O3.HI/c1-4-25-17(23)14-7-9-22(10-8-14)18(20-2)21-12-13-5-6-16(24-3)15(19)11-13;/h5-6,11,14H,4,7-10,12H2,1-3H3,(H,20,21);1H. The molecule has 1 aromatic carbocycles. The van der Waals surface area contributed by atoms with Crippen LogP contribution in [0.25, 0.3) is 0 Å². The number of halogens is 2. The molecule has 1 aliphatic heterocycles. The average molecular weight is 479 g/mol. The minimum absolute atomic E-state index is 0. The van der Waals surface area contributed by atoms with Crippen LogP contribution in [0.15, 0.2) is 23.2 Å². The predicted molar refractivity (Wildman–Crippen MR) is 109 cm³/mol. The summed E-state index contributed by atoms with van der Waals surface area (Å²) >= 11 is 0. The van der Waals surface area contributed by atoms with Crippen molar-refractivity contribution in [3.05, 3.63) is 29.6 Å². The van der Waals surface area contributed by atoms with Crippen molar-refractivity contribution in [2.75, 3.05) is 33.9 Å². The van der Waals surface area contributed by atoms with Crippen LogP contribution in [-0.4, -0.2) is 50.7 Å². The first-order valence-corrected chi connectivity index (χ1v) is 8.53. The third kappa shape index (κ3) is 6.00. The van der Waals surface area contributed by atoms with Crippen molar-refractivity contribution in [1.82, 2.24) is 10.2 Å². The van der Waals surface area contributed by atoms with Gasteiger partial charge in [-0.05, 0) is 37.5 Å². The van der Waals surface area contributed by atoms with E-state index in [1.165, 1.54) is 13.2 Å². The maximum absolute atomic E-state index is 13.8. The molecule has 0 aromatic heterocycles. The second kappa shape index (κ2) is 11.2. The lowest BCUT2D eigenvalue weighted by atomic mass is 9.97. The fourth-order valence-electron chi connectivity index (χ4n) is 2.92. The van der Waals surface area contributed by atoms with Gasteiger partial charge in [0.05, 0.1) is 19.6 Å². The maximum atomic E-state index is 13.8. The molecule has 1 aliphatic rings. The van der Waals surface area contributed by atoms with Gasteiger partial charge < -0.3 is 19.7 Å². The highest BCUT2D eigenvalue weighted by molar-refractivity contribution is 14.0. The Kier molecular flexibility index (Phi) is 9.68. The molecule has 0 atom stereocenters. The first-order chi connectivity index (χ1) is 12.1. The van der Waals surface area contributed by atoms with Crippen LogP contribution in [0.1, 0.15) is 25.3 Å². The van der Waals surface area contributed by atoms with Gasteiger partial charge in [0.1, 0.15) is 0 Å². The summed E-state index contributed by atoms with van der Waals surface area (Å²) in [6, 6.07) is 4.88. The van der Waals surface area contributed by atoms with E-state index in [1.54, 1.807) is 13.1 Å². The SMILES string of the molecule is CCOC(=O)C1CCN(C(=NC)NCc2ccc(OC)c(F)c2)CC1.I. The normalized spacial score (nSPS) is 15.2. The van der Waals surface area contributed by atoms with Crippen LogP contribution >= 0.6 is 24.0 Å². The van der Waals surface area contributed by atoms with Crippen molar-refractivity contribution in [2.45, 2.75) is 26.3 Å². The summed E-state index contributed by atoms with van der Waals surface area (Å²) in [5, 5.41) is 3.24. The number of hydrogen-bond acceptors (Lipinski definition) is 4. The largest absolute Gasteiger partial charge is 0.494 e. The lowest BCUT2D eigenvalue weighted by Crippen LogP contribution is -2.46. The lowest BCUT2D eigenvalue weighted by molar-refractivity contribution is -0.149. The molecule has 0 radical (unpaired) electrons. The molecule has 8 heteroatoms. The molecule has 0 amide bonds. The minimum atomic E-state index is -0.382. The zero-order valence-corrected chi connectivity index (χ0v) is 17.8. The monoisotopic (exact) mass is 479 g/mol. The van der Waals surface area contributed by atoms with Crippen molar-refractivity contribution in [3.63, 3.8) is 0 Å². The number of aliphatic imine (C=N–C) groups is 1. The highest BCUT2D eigenvalue weighted by Gasteiger charge is 2.27. The second-order valence-electron chi connectivity index (χ2n) is 5.88. The van der Waals surface area contributed by atoms with E-state index in [0.717, 1.165) is 37.5 Å². The summed E-state index contributed by atoms with van der Waals surface area (Å²) in [6.45, 7) is 4.17. The van der Waals surface area contributed by atoms with Crippen LogP contribution in [0.4, 0.5) is 4.39 Å². The number of guanidine groups is 1. The number of nitrogens with zero attached hydrogens (tertiary/aromatic N) is 2. The van der Waals surface area contributed by atoms with Gasteiger partial charge in [0.2, 0.25) is 0 Å². The molecule has 2 rings (SSSR count). The van der Waals surface area contributed by atoms with Crippen molar-refractivity contribution < 1.29 is 18.7 Å². The van der Waals surface area contributed by atoms with Gasteiger partial charge in [-0.3, -0.25) is 9.79 Å². The molecular formula is C18H27FIN3O3. The maximum Gasteiger partial charge on any atom is 0.309 e. The number of hydrogen-bond donors (Lipinski definition) is 1. The van der Waals surface area contributed by atoms with E-state index in [9.17, 15) is 9.18 Å². The molecule has 0 aliphatic carbocycles. The summed E-state index contributed by atoms with van der Waals surface area (Å²) < 4.78 is 23.8. The van der Waals surface area contributed by atoms with E-state index < -0.39 is 0 Å². The Balaban J connectivity index is 0.00000338. The van der Waals surface area contributed by atoms with E-state index in [1.807, 2.05) is 13.0 Å². The van der Waals surface area contributed by atoms with Gasteiger partial charge in [-0.15, -0.1) is 24.0 Å². The van der Waals surface area contributed by atoms with Crippen LogP contribution in [0.2, 0.25) is 0 Å². The third-order valence-corrected chi connectivity index (χ3v) is 4.29. The van der Waals surface area contributed by atoms with Gasteiger partial charge in [0, 0.05) is 26.7 Å². The molecule has 1 saturated heterocycles. The zero-order chi connectivity index (χ0) is 18.2. The number of benzene rings is 1. The Morgan fingerprint density at radius 2 is 2.08 bits per heavy atom. The molecular weight excluding hydrogens is 452 g/mol. The number of nitrogens with one attached hydrogen (secondary N) is 1. The van der Waals surface area contributed by atoms with Crippen LogP contribution in [0.5, 0.6) is 5.75 Å². The van der Waals surface area contributed by atoms with E-state index in [-0.39, 0.29) is 47.4 Å². The lowest BCUT2D eigenvalue weighted by Gasteiger charge is -2.33. The molecule has 146 valence electrons. The van der Waals surface area contributed by atoms with Crippen molar-refractivity contribution in [1.29, 1.82) is 0 Å². The van der Waals surface area contributed by atoms with E-state index >= 15 is 0 Å². The van der Waals surface area contributed by atoms with Gasteiger partial charge in [-0.2, -0.15) is 0 Å². The molecule has 0 saturated carbocycles.